The summed E-state index contributed by atoms with van der Waals surface area (Å²) in [5, 5.41) is 9.61. The summed E-state index contributed by atoms with van der Waals surface area (Å²) in [6, 6.07) is 7.99. The topological polar surface area (TPSA) is 101 Å². The molecular formula is C26H34N4O3. The highest BCUT2D eigenvalue weighted by atomic mass is 16.5. The molecule has 5 rings (SSSR count). The van der Waals surface area contributed by atoms with Gasteiger partial charge in [0.2, 0.25) is 0 Å². The molecule has 7 nitrogen and oxygen atoms in total. The lowest BCUT2D eigenvalue weighted by Crippen LogP contribution is -2.52. The number of guanidine groups is 1. The molecule has 1 aromatic carbocycles. The Morgan fingerprint density at radius 1 is 1.33 bits per heavy atom. The summed E-state index contributed by atoms with van der Waals surface area (Å²) < 4.78 is 11.7. The number of rotatable bonds is 3. The van der Waals surface area contributed by atoms with E-state index >= 15 is 0 Å². The Bertz CT molecular complexity index is 1030. The fraction of sp³-hybridized carbons (Fsp3) is 0.654. The van der Waals surface area contributed by atoms with Crippen molar-refractivity contribution in [1.82, 2.24) is 4.90 Å². The van der Waals surface area contributed by atoms with E-state index in [1.54, 1.807) is 12.0 Å². The van der Waals surface area contributed by atoms with E-state index in [0.29, 0.717) is 18.0 Å². The van der Waals surface area contributed by atoms with Crippen LogP contribution in [0.4, 0.5) is 0 Å². The molecule has 33 heavy (non-hydrogen) atoms. The number of ether oxygens (including phenoxy) is 2. The van der Waals surface area contributed by atoms with Crippen LogP contribution in [0.3, 0.4) is 0 Å². The van der Waals surface area contributed by atoms with Gasteiger partial charge in [-0.05, 0) is 73.6 Å². The first-order chi connectivity index (χ1) is 15.8. The maximum atomic E-state index is 14.4. The smallest absolute Gasteiger partial charge is 0.262 e. The fourth-order valence-electron chi connectivity index (χ4n) is 7.20. The molecule has 176 valence electrons. The summed E-state index contributed by atoms with van der Waals surface area (Å²) in [5.41, 5.74) is 7.52. The summed E-state index contributed by atoms with van der Waals surface area (Å²) in [4.78, 5) is 21.1. The minimum Gasteiger partial charge on any atom is -0.381 e. The van der Waals surface area contributed by atoms with Gasteiger partial charge in [0.05, 0.1) is 30.4 Å². The van der Waals surface area contributed by atoms with E-state index in [9.17, 15) is 10.1 Å². The van der Waals surface area contributed by atoms with Gasteiger partial charge in [0.25, 0.3) is 5.91 Å². The average molecular weight is 451 g/mol. The molecule has 4 aliphatic rings. The first kappa shape index (κ1) is 22.4. The quantitative estimate of drug-likeness (QED) is 0.763. The van der Waals surface area contributed by atoms with Gasteiger partial charge in [-0.25, -0.2) is 4.99 Å². The Labute approximate surface area is 195 Å². The summed E-state index contributed by atoms with van der Waals surface area (Å²) in [6.07, 6.45) is 5.46. The number of methoxy groups -OCH3 is 1. The zero-order chi connectivity index (χ0) is 23.4. The zero-order valence-electron chi connectivity index (χ0n) is 19.8. The number of amides is 1. The van der Waals surface area contributed by atoms with E-state index in [4.69, 9.17) is 20.2 Å². The second-order valence-corrected chi connectivity index (χ2v) is 10.6. The molecule has 0 unspecified atom stereocenters. The number of nitrogens with zero attached hydrogens (tertiary/aromatic N) is 3. The van der Waals surface area contributed by atoms with Crippen LogP contribution in [0.25, 0.3) is 0 Å². The number of fused-ring (bicyclic) bond motifs is 3. The van der Waals surface area contributed by atoms with E-state index in [2.05, 4.69) is 19.9 Å². The van der Waals surface area contributed by atoms with Crippen molar-refractivity contribution in [2.24, 2.45) is 28.0 Å². The molecule has 1 aromatic rings. The van der Waals surface area contributed by atoms with Crippen molar-refractivity contribution < 1.29 is 14.3 Å². The molecule has 6 atom stereocenters. The molecule has 7 heteroatoms. The molecule has 2 heterocycles. The standard InChI is InChI=1S/C26H34N4O3/c1-16-8-9-25(12-17(2)22(16)32-3)13-19-7-6-18(14-27)11-21(19)26(25)23(31)30(24(28)29-26)15-20-5-4-10-33-20/h6-7,11,16-17,20,22H,4-5,8-10,12-13,15H2,1-3H3,(H2,28,29)/t16-,17+,20-,22+,25+,26+/m0/s1. The molecule has 2 spiro atoms. The number of benzene rings is 1. The Hall–Kier alpha value is -2.43. The molecular weight excluding hydrogens is 416 g/mol. The van der Waals surface area contributed by atoms with Gasteiger partial charge in [-0.1, -0.05) is 19.9 Å². The highest BCUT2D eigenvalue weighted by Crippen LogP contribution is 2.62. The van der Waals surface area contributed by atoms with Crippen LogP contribution in [-0.2, 0) is 26.2 Å². The maximum Gasteiger partial charge on any atom is 0.262 e. The predicted octanol–water partition coefficient (Wildman–Crippen LogP) is 3.10. The minimum absolute atomic E-state index is 0.00827. The SMILES string of the molecule is CO[C@H]1[C@H](C)C[C@]2(CC[C@@H]1C)Cc1ccc(C#N)cc1[C@]21N=C(N)N(C[C@@H]2CCCO2)C1=O. The van der Waals surface area contributed by atoms with E-state index in [-0.39, 0.29) is 30.0 Å². The first-order valence-corrected chi connectivity index (χ1v) is 12.2. The normalized spacial score (nSPS) is 37.9. The van der Waals surface area contributed by atoms with Gasteiger partial charge in [0.1, 0.15) is 0 Å². The van der Waals surface area contributed by atoms with E-state index in [0.717, 1.165) is 56.3 Å². The van der Waals surface area contributed by atoms with Crippen LogP contribution in [-0.4, -0.2) is 49.2 Å². The molecule has 1 saturated carbocycles. The lowest BCUT2D eigenvalue weighted by atomic mass is 9.63. The molecule has 2 aliphatic carbocycles. The number of carbonyl (C=O) groups is 1. The van der Waals surface area contributed by atoms with E-state index in [1.807, 2.05) is 18.2 Å². The largest absolute Gasteiger partial charge is 0.381 e. The summed E-state index contributed by atoms with van der Waals surface area (Å²) in [7, 11) is 1.79. The average Bonchev–Trinajstić information content (AvgIpc) is 3.44. The Balaban J connectivity index is 1.63. The highest BCUT2D eigenvalue weighted by molar-refractivity contribution is 6.08. The number of nitrogens with two attached hydrogens (primary N) is 1. The van der Waals surface area contributed by atoms with Crippen molar-refractivity contribution in [3.05, 3.63) is 34.9 Å². The van der Waals surface area contributed by atoms with Gasteiger partial charge < -0.3 is 15.2 Å². The summed E-state index contributed by atoms with van der Waals surface area (Å²) >= 11 is 0. The lowest BCUT2D eigenvalue weighted by Gasteiger charge is -2.42. The van der Waals surface area contributed by atoms with Gasteiger partial charge in [0.15, 0.2) is 11.5 Å². The Morgan fingerprint density at radius 3 is 2.85 bits per heavy atom. The fourth-order valence-corrected chi connectivity index (χ4v) is 7.20. The van der Waals surface area contributed by atoms with Crippen LogP contribution in [0.15, 0.2) is 23.2 Å². The third-order valence-corrected chi connectivity index (χ3v) is 8.63. The van der Waals surface area contributed by atoms with Crippen molar-refractivity contribution in [3.63, 3.8) is 0 Å². The van der Waals surface area contributed by atoms with Crippen LogP contribution in [0.1, 0.15) is 62.6 Å². The Morgan fingerprint density at radius 2 is 2.15 bits per heavy atom. The molecule has 1 amide bonds. The van der Waals surface area contributed by atoms with Crippen molar-refractivity contribution in [1.29, 1.82) is 5.26 Å². The Kier molecular flexibility index (Phi) is 5.49. The number of aliphatic imine (C=N–C) groups is 1. The zero-order valence-corrected chi connectivity index (χ0v) is 19.8. The second-order valence-electron chi connectivity index (χ2n) is 10.6. The molecule has 1 saturated heterocycles. The molecule has 2 aliphatic heterocycles. The van der Waals surface area contributed by atoms with Crippen LogP contribution in [0.2, 0.25) is 0 Å². The second kappa shape index (κ2) is 8.11. The predicted molar refractivity (Wildman–Crippen MR) is 124 cm³/mol. The van der Waals surface area contributed by atoms with Gasteiger partial charge in [0, 0.05) is 19.1 Å². The molecule has 0 radical (unpaired) electrons. The van der Waals surface area contributed by atoms with E-state index in [1.165, 1.54) is 0 Å². The molecule has 0 bridgehead atoms. The maximum absolute atomic E-state index is 14.4. The monoisotopic (exact) mass is 450 g/mol. The van der Waals surface area contributed by atoms with E-state index < -0.39 is 11.0 Å². The third kappa shape index (κ3) is 3.22. The van der Waals surface area contributed by atoms with Gasteiger partial charge >= 0.3 is 0 Å². The molecule has 2 N–H and O–H groups in total. The molecule has 2 fully saturated rings. The van der Waals surface area contributed by atoms with Crippen LogP contribution >= 0.6 is 0 Å². The number of hydrogen-bond acceptors (Lipinski definition) is 6. The van der Waals surface area contributed by atoms with Crippen LogP contribution in [0.5, 0.6) is 0 Å². The number of carbonyl (C=O) groups excluding carboxylic acids is 1. The van der Waals surface area contributed by atoms with Crippen molar-refractivity contribution in [3.8, 4) is 6.07 Å². The number of nitriles is 1. The summed E-state index contributed by atoms with van der Waals surface area (Å²) in [5.74, 6) is 0.879. The van der Waals surface area contributed by atoms with Crippen molar-refractivity contribution in [2.75, 3.05) is 20.3 Å². The number of hydrogen-bond donors (Lipinski definition) is 1. The van der Waals surface area contributed by atoms with Gasteiger partial charge in [-0.3, -0.25) is 9.69 Å². The third-order valence-electron chi connectivity index (χ3n) is 8.63. The minimum atomic E-state index is -1.09. The lowest BCUT2D eigenvalue weighted by molar-refractivity contribution is -0.138. The summed E-state index contributed by atoms with van der Waals surface area (Å²) in [6.45, 7) is 5.63. The van der Waals surface area contributed by atoms with Gasteiger partial charge in [-0.2, -0.15) is 5.26 Å². The van der Waals surface area contributed by atoms with Crippen molar-refractivity contribution in [2.45, 2.75) is 70.1 Å². The van der Waals surface area contributed by atoms with Gasteiger partial charge in [-0.15, -0.1) is 0 Å². The highest BCUT2D eigenvalue weighted by Gasteiger charge is 2.67. The van der Waals surface area contributed by atoms with Crippen LogP contribution in [0, 0.1) is 28.6 Å². The first-order valence-electron chi connectivity index (χ1n) is 12.2. The molecule has 0 aromatic heterocycles. The van der Waals surface area contributed by atoms with Crippen molar-refractivity contribution >= 4 is 11.9 Å². The van der Waals surface area contributed by atoms with Crippen LogP contribution < -0.4 is 5.73 Å².